The number of hydrogen-bond acceptors (Lipinski definition) is 33. The van der Waals surface area contributed by atoms with Crippen LogP contribution in [0.4, 0.5) is 4.39 Å². The van der Waals surface area contributed by atoms with E-state index in [0.717, 1.165) is 6.66 Å². The smallest absolute Gasteiger partial charge is 0.388 e. The Hall–Kier alpha value is 2.46. The molecule has 3 unspecified atom stereocenters. The van der Waals surface area contributed by atoms with E-state index in [0.29, 0.717) is 0 Å². The third-order valence-corrected chi connectivity index (χ3v) is 23.5. The summed E-state index contributed by atoms with van der Waals surface area (Å²) in [4.78, 5) is 110. The fraction of sp³-hybridized carbons (Fsp3) is 1.00. The van der Waals surface area contributed by atoms with Crippen molar-refractivity contribution in [2.45, 2.75) is 144 Å². The Labute approximate surface area is 571 Å². The molecule has 6 aliphatic rings. The summed E-state index contributed by atoms with van der Waals surface area (Å²) in [5.41, 5.74) is 0. The molecule has 6 aliphatic heterocycles. The van der Waals surface area contributed by atoms with E-state index in [1.54, 1.807) is 0 Å². The van der Waals surface area contributed by atoms with Gasteiger partial charge in [0.15, 0.2) is 0 Å². The molecule has 6 heterocycles. The van der Waals surface area contributed by atoms with E-state index < -0.39 is 252 Å². The molecule has 45 nitrogen and oxygen atoms in total. The number of ether oxygens (including phenoxy) is 6. The second kappa shape index (κ2) is 40.6. The van der Waals surface area contributed by atoms with Gasteiger partial charge in [-0.1, -0.05) is 15.9 Å². The van der Waals surface area contributed by atoms with Crippen molar-refractivity contribution in [1.82, 2.24) is 0 Å². The van der Waals surface area contributed by atoms with Gasteiger partial charge in [-0.2, -0.15) is 0 Å². The zero-order valence-corrected chi connectivity index (χ0v) is 60.0. The van der Waals surface area contributed by atoms with Crippen LogP contribution in [0, 0.1) is 0 Å². The predicted molar refractivity (Wildman–Crippen MR) is 321 cm³/mol. The van der Waals surface area contributed by atoms with Crippen molar-refractivity contribution < 1.29 is 219 Å². The average Bonchev–Trinajstić information content (AvgIpc) is 1.63. The normalized spacial score (nSPS) is 37.5. The van der Waals surface area contributed by atoms with Gasteiger partial charge in [0.2, 0.25) is 7.57 Å². The molecule has 27 atom stereocenters. The summed E-state index contributed by atoms with van der Waals surface area (Å²) >= 11 is 10.7. The zero-order chi connectivity index (χ0) is 75.2. The van der Waals surface area contributed by atoms with E-state index in [2.05, 4.69) is 56.2 Å². The van der Waals surface area contributed by atoms with Crippen molar-refractivity contribution in [2.75, 3.05) is 46.3 Å². The third kappa shape index (κ3) is 37.8. The Morgan fingerprint density at radius 2 is 0.667 bits per heavy atom. The van der Waals surface area contributed by atoms with Gasteiger partial charge in [0, 0.05) is 30.7 Å². The van der Waals surface area contributed by atoms with Crippen molar-refractivity contribution in [2.24, 2.45) is 0 Å². The van der Waals surface area contributed by atoms with E-state index in [4.69, 9.17) is 158 Å². The standard InChI is InChI=1S/C6H13BO9P2.C5H10B2O9P2.C5H9BBrO6P.C5H9BClO6P.C5H9BFO6P.C5H11BO9P2Se/c1-17(10,16-18(11,12)13)14-2-3-4(8)5(9)6(7)15-3;6-5-4(9)3(8)2(15-5)1-14-17(7,10)16-18(11,12)13;3*6-5-3(7)4(8)2(13-5)1-12-14(9,10)11;6-5-4(8)3(7)2(14-5)1-13-17(12,18)15-16(9,10)11/h3-6,8-9H,2H2,1H3,(H2,11,12,13);2-5,8-9H,1H2,(H2,11,12,13);3*2-5,8H,1H2,(H2,9,10,11);2-5,7-8H,1H2,(H,12,18)(H2,9,10,11)/t3-,4-,5-,6-,17?;2-,3-,4-,5-,17?;3*2-,3-,4-,5-;2-,3-,4-,5-,17?/m111111/s1. The van der Waals surface area contributed by atoms with Gasteiger partial charge in [-0.25, -0.2) is 35.8 Å². The zero-order valence-electron chi connectivity index (χ0n) is 47.9. The van der Waals surface area contributed by atoms with Crippen LogP contribution < -0.4 is 0 Å². The molecule has 0 aromatic rings. The van der Waals surface area contributed by atoms with Crippen LogP contribution in [0.3, 0.4) is 0 Å². The summed E-state index contributed by atoms with van der Waals surface area (Å²) in [5, 5.41) is 83.2. The summed E-state index contributed by atoms with van der Waals surface area (Å²) in [6.45, 7) is -2.21. The van der Waals surface area contributed by atoms with Crippen LogP contribution in [0.15, 0.2) is 0 Å². The molecule has 0 saturated carbocycles. The number of alkyl halides is 3. The Morgan fingerprint density at radius 3 is 0.938 bits per heavy atom. The topological polar surface area (TPSA) is 720 Å². The molecule has 0 amide bonds. The molecule has 548 valence electrons. The van der Waals surface area contributed by atoms with Crippen LogP contribution in [-0.4, -0.2) is 370 Å². The number of rotatable bonds is 24. The van der Waals surface area contributed by atoms with Crippen LogP contribution in [0.5, 0.6) is 0 Å². The van der Waals surface area contributed by atoms with Gasteiger partial charge >= 0.3 is 158 Å². The van der Waals surface area contributed by atoms with Crippen molar-refractivity contribution in [3.05, 3.63) is 0 Å². The van der Waals surface area contributed by atoms with Gasteiger partial charge in [0.1, 0.15) is 100 Å². The van der Waals surface area contributed by atoms with Crippen molar-refractivity contribution in [3.63, 3.8) is 0 Å². The van der Waals surface area contributed by atoms with Crippen LogP contribution in [0.25, 0.3) is 0 Å². The number of phosphoric acid groups is 6. The van der Waals surface area contributed by atoms with Crippen LogP contribution in [-0.2, 0) is 105 Å². The minimum atomic E-state index is -5.08. The monoisotopic (exact) mass is 1720 g/mol. The minimum Gasteiger partial charge on any atom is -0.388 e. The number of halogens is 3. The fourth-order valence-electron chi connectivity index (χ4n) is 7.04. The van der Waals surface area contributed by atoms with Crippen molar-refractivity contribution >= 4 is 165 Å². The first kappa shape index (κ1) is 96.5. The van der Waals surface area contributed by atoms with E-state index in [-0.39, 0.29) is 0 Å². The fourth-order valence-corrected chi connectivity index (χ4v) is 16.3. The third-order valence-electron chi connectivity index (χ3n) is 11.5. The molecular weight excluding hydrogens is 1660 g/mol. The molecular formula is C31H61B7BrClFO45P9Se. The maximum atomic E-state index is 12.8. The molecule has 65 heteroatoms. The van der Waals surface area contributed by atoms with Crippen LogP contribution >= 0.6 is 95.7 Å². The minimum absolute atomic E-state index is 0.402. The maximum absolute atomic E-state index is 12.8. The molecule has 0 spiro atoms. The average molecular weight is 1720 g/mol. The number of aliphatic hydroxyl groups is 9. The molecule has 96 heavy (non-hydrogen) atoms. The van der Waals surface area contributed by atoms with E-state index in [1.165, 1.54) is 0 Å². The molecule has 6 saturated heterocycles. The maximum Gasteiger partial charge on any atom is 0.476 e. The number of hydrogen-bond donors (Lipinski definition) is 22. The van der Waals surface area contributed by atoms with E-state index in [9.17, 15) is 86.7 Å². The molecule has 14 radical (unpaired) electrons. The summed E-state index contributed by atoms with van der Waals surface area (Å²) in [6, 6.07) is -6.26. The Balaban J connectivity index is 0.000000578. The second-order valence-corrected chi connectivity index (χ2v) is 36.7. The van der Waals surface area contributed by atoms with Gasteiger partial charge in [0.25, 0.3) is 7.47 Å². The van der Waals surface area contributed by atoms with Gasteiger partial charge in [-0.05, 0) is 0 Å². The predicted octanol–water partition coefficient (Wildman–Crippen LogP) is -9.12. The molecule has 0 aromatic heterocycles. The SMILES string of the molecule is [B][C@@H]1O[C@H](COP(=O)(O)O)[C@@H](O)[C@H]1Br.[B][C@@H]1O[C@H](COP(=O)(O)O)[C@@H](O)[C@H]1Cl.[B][C@@H]1O[C@H](COP(=O)(O)O)[C@@H](O)[C@H]1F.[B][C@@H]1O[C@H](COP(C)(=O)OP(=O)(O)O)[C@@H](O)[C@H]1O.[B][C@@H]1O[C@H](COP(O)(=[Se])OP(=O)(O)O)[C@@H](O)[C@H]1O.[B][C@@H]1O[C@H](COP([B])(=O)OP(=O)(O)O)[C@@H](O)[C@H]1O. The van der Waals surface area contributed by atoms with E-state index >= 15 is 0 Å². The summed E-state index contributed by atoms with van der Waals surface area (Å²) in [7, 11) is -0.633. The Bertz CT molecular complexity index is 2550. The van der Waals surface area contributed by atoms with Crippen molar-refractivity contribution in [1.29, 1.82) is 0 Å². The first-order valence-electron chi connectivity index (χ1n) is 25.1. The van der Waals surface area contributed by atoms with E-state index in [1.807, 2.05) is 15.1 Å². The molecule has 22 N–H and O–H groups in total. The van der Waals surface area contributed by atoms with Gasteiger partial charge in [0.05, 0.1) is 67.6 Å². The quantitative estimate of drug-likeness (QED) is 0.0242. The second-order valence-electron chi connectivity index (χ2n) is 19.3. The molecule has 6 rings (SSSR count). The first-order chi connectivity index (χ1) is 43.0. The molecule has 0 aromatic carbocycles. The number of aliphatic hydroxyl groups excluding tert-OH is 9. The van der Waals surface area contributed by atoms with Gasteiger partial charge in [-0.3, -0.25) is 22.7 Å². The largest absolute Gasteiger partial charge is 0.476 e. The molecule has 0 bridgehead atoms. The van der Waals surface area contributed by atoms with Gasteiger partial charge in [-0.15, -0.1) is 11.6 Å². The molecule has 0 aliphatic carbocycles. The first-order valence-corrected chi connectivity index (χ1v) is 43.1. The van der Waals surface area contributed by atoms with Crippen LogP contribution in [0.2, 0.25) is 0 Å². The Kier molecular flexibility index (Phi) is 40.8. The van der Waals surface area contributed by atoms with Gasteiger partial charge < -0.3 is 117 Å². The summed E-state index contributed by atoms with van der Waals surface area (Å²) in [6.07, 6.45) is -23.5. The number of phosphoric ester groups is 3. The van der Waals surface area contributed by atoms with Crippen LogP contribution in [0.1, 0.15) is 0 Å². The summed E-state index contributed by atoms with van der Waals surface area (Å²) in [5.74, 6) is 0. The summed E-state index contributed by atoms with van der Waals surface area (Å²) < 4.78 is 165. The Morgan fingerprint density at radius 1 is 0.385 bits per heavy atom. The van der Waals surface area contributed by atoms with Crippen molar-refractivity contribution in [3.8, 4) is 0 Å². The molecule has 6 fully saturated rings.